The Morgan fingerprint density at radius 3 is 2.35 bits per heavy atom. The van der Waals surface area contributed by atoms with Crippen molar-refractivity contribution >= 4 is 17.6 Å². The van der Waals surface area contributed by atoms with Gasteiger partial charge in [0.2, 0.25) is 0 Å². The van der Waals surface area contributed by atoms with Crippen molar-refractivity contribution in [3.63, 3.8) is 0 Å². The number of piperidine rings is 1. The van der Waals surface area contributed by atoms with Gasteiger partial charge in [0.25, 0.3) is 5.91 Å². The first kappa shape index (κ1) is 15.8. The summed E-state index contributed by atoms with van der Waals surface area (Å²) >= 11 is 0. The first-order valence-corrected chi connectivity index (χ1v) is 8.37. The first-order valence-electron chi connectivity index (χ1n) is 8.37. The molecule has 5 nitrogen and oxygen atoms in total. The number of carbonyl (C=O) groups excluding carboxylic acids is 1. The Hall–Kier alpha value is -2.04. The zero-order valence-corrected chi connectivity index (χ0v) is 13.6. The molecular weight excluding hydrogens is 292 g/mol. The van der Waals surface area contributed by atoms with E-state index in [-0.39, 0.29) is 5.91 Å². The molecule has 0 atom stereocenters. The number of nitrogens with zero attached hydrogens (tertiary/aromatic N) is 2. The fourth-order valence-corrected chi connectivity index (χ4v) is 3.41. The average Bonchev–Trinajstić information content (AvgIpc) is 3.09. The molecule has 1 N–H and O–H groups in total. The van der Waals surface area contributed by atoms with Gasteiger partial charge in [0.05, 0.1) is 5.41 Å². The van der Waals surface area contributed by atoms with E-state index in [4.69, 9.17) is 0 Å². The average molecular weight is 316 g/mol. The lowest BCUT2D eigenvalue weighted by Gasteiger charge is -2.36. The Bertz CT molecular complexity index is 600. The van der Waals surface area contributed by atoms with E-state index in [0.717, 1.165) is 18.8 Å². The molecule has 2 heterocycles. The summed E-state index contributed by atoms with van der Waals surface area (Å²) in [6.45, 7) is 4.90. The van der Waals surface area contributed by atoms with Crippen molar-refractivity contribution < 1.29 is 14.7 Å². The molecule has 0 spiro atoms. The lowest BCUT2D eigenvalue weighted by atomic mass is 9.80. The van der Waals surface area contributed by atoms with Crippen LogP contribution in [0.4, 0.5) is 5.69 Å². The summed E-state index contributed by atoms with van der Waals surface area (Å²) in [7, 11) is 0. The van der Waals surface area contributed by atoms with Crippen LogP contribution in [0.3, 0.4) is 0 Å². The van der Waals surface area contributed by atoms with E-state index in [2.05, 4.69) is 11.0 Å². The van der Waals surface area contributed by atoms with E-state index in [1.54, 1.807) is 11.8 Å². The Labute approximate surface area is 136 Å². The van der Waals surface area contributed by atoms with Crippen molar-refractivity contribution in [1.29, 1.82) is 0 Å². The maximum atomic E-state index is 12.7. The Morgan fingerprint density at radius 1 is 1.09 bits per heavy atom. The van der Waals surface area contributed by atoms with Crippen molar-refractivity contribution in [2.75, 3.05) is 31.1 Å². The molecule has 0 aliphatic carbocycles. The zero-order chi connectivity index (χ0) is 16.4. The van der Waals surface area contributed by atoms with Gasteiger partial charge < -0.3 is 14.9 Å². The van der Waals surface area contributed by atoms with Crippen LogP contribution < -0.4 is 4.90 Å². The summed E-state index contributed by atoms with van der Waals surface area (Å²) in [6, 6.07) is 7.82. The third-order valence-corrected chi connectivity index (χ3v) is 5.23. The number of aliphatic carboxylic acids is 1. The molecule has 0 saturated carbocycles. The molecular formula is C18H24N2O3. The van der Waals surface area contributed by atoms with Gasteiger partial charge in [0, 0.05) is 37.4 Å². The standard InChI is InChI=1S/C18H24N2O3/c1-18(17(22)23)7-11-20(12-8-18)16(21)14-5-4-6-15(13-14)19-9-2-3-10-19/h4-6,13H,2-3,7-12H2,1H3,(H,22,23). The lowest BCUT2D eigenvalue weighted by Crippen LogP contribution is -2.45. The highest BCUT2D eigenvalue weighted by atomic mass is 16.4. The number of hydrogen-bond acceptors (Lipinski definition) is 3. The molecule has 0 radical (unpaired) electrons. The minimum absolute atomic E-state index is 0.0125. The van der Waals surface area contributed by atoms with Crippen LogP contribution in [0.25, 0.3) is 0 Å². The van der Waals surface area contributed by atoms with Crippen LogP contribution in [0.5, 0.6) is 0 Å². The van der Waals surface area contributed by atoms with Crippen LogP contribution in [0.1, 0.15) is 43.0 Å². The van der Waals surface area contributed by atoms with E-state index in [1.807, 2.05) is 18.2 Å². The number of carboxylic acids is 1. The molecule has 0 unspecified atom stereocenters. The quantitative estimate of drug-likeness (QED) is 0.931. The van der Waals surface area contributed by atoms with Gasteiger partial charge in [-0.05, 0) is 50.8 Å². The Kier molecular flexibility index (Phi) is 4.28. The zero-order valence-electron chi connectivity index (χ0n) is 13.6. The van der Waals surface area contributed by atoms with E-state index in [0.29, 0.717) is 31.5 Å². The summed E-state index contributed by atoms with van der Waals surface area (Å²) in [6.07, 6.45) is 3.44. The van der Waals surface area contributed by atoms with Gasteiger partial charge in [-0.25, -0.2) is 0 Å². The predicted octanol–water partition coefficient (Wildman–Crippen LogP) is 2.61. The van der Waals surface area contributed by atoms with E-state index < -0.39 is 11.4 Å². The summed E-state index contributed by atoms with van der Waals surface area (Å²) in [5, 5.41) is 9.29. The second kappa shape index (κ2) is 6.22. The summed E-state index contributed by atoms with van der Waals surface area (Å²) in [4.78, 5) is 28.1. The van der Waals surface area contributed by atoms with Crippen LogP contribution in [0.2, 0.25) is 0 Å². The molecule has 5 heteroatoms. The number of carbonyl (C=O) groups is 2. The highest BCUT2D eigenvalue weighted by molar-refractivity contribution is 5.95. The highest BCUT2D eigenvalue weighted by Crippen LogP contribution is 2.32. The number of hydrogen-bond donors (Lipinski definition) is 1. The van der Waals surface area contributed by atoms with Crippen LogP contribution in [-0.4, -0.2) is 48.1 Å². The number of likely N-dealkylation sites (tertiary alicyclic amines) is 1. The third-order valence-electron chi connectivity index (χ3n) is 5.23. The van der Waals surface area contributed by atoms with Crippen LogP contribution in [-0.2, 0) is 4.79 Å². The number of amides is 1. The van der Waals surface area contributed by atoms with Crippen LogP contribution in [0.15, 0.2) is 24.3 Å². The predicted molar refractivity (Wildman–Crippen MR) is 88.8 cm³/mol. The van der Waals surface area contributed by atoms with Gasteiger partial charge in [-0.2, -0.15) is 0 Å². The molecule has 2 aliphatic heterocycles. The fourth-order valence-electron chi connectivity index (χ4n) is 3.41. The smallest absolute Gasteiger partial charge is 0.309 e. The van der Waals surface area contributed by atoms with E-state index >= 15 is 0 Å². The third kappa shape index (κ3) is 3.19. The molecule has 124 valence electrons. The van der Waals surface area contributed by atoms with Crippen molar-refractivity contribution in [2.24, 2.45) is 5.41 Å². The summed E-state index contributed by atoms with van der Waals surface area (Å²) < 4.78 is 0. The second-order valence-electron chi connectivity index (χ2n) is 6.90. The number of anilines is 1. The minimum Gasteiger partial charge on any atom is -0.481 e. The summed E-state index contributed by atoms with van der Waals surface area (Å²) in [5.41, 5.74) is 1.11. The van der Waals surface area contributed by atoms with Crippen LogP contribution in [0, 0.1) is 5.41 Å². The number of benzene rings is 1. The Morgan fingerprint density at radius 2 is 1.74 bits per heavy atom. The number of carboxylic acid groups (broad SMARTS) is 1. The molecule has 0 bridgehead atoms. The molecule has 0 aromatic heterocycles. The molecule has 2 aliphatic rings. The second-order valence-corrected chi connectivity index (χ2v) is 6.90. The van der Waals surface area contributed by atoms with Gasteiger partial charge >= 0.3 is 5.97 Å². The molecule has 1 aromatic rings. The molecule has 1 amide bonds. The van der Waals surface area contributed by atoms with E-state index in [1.165, 1.54) is 12.8 Å². The first-order chi connectivity index (χ1) is 11.0. The molecule has 3 rings (SSSR count). The van der Waals surface area contributed by atoms with E-state index in [9.17, 15) is 14.7 Å². The van der Waals surface area contributed by atoms with Gasteiger partial charge in [-0.3, -0.25) is 9.59 Å². The maximum absolute atomic E-state index is 12.7. The summed E-state index contributed by atoms with van der Waals surface area (Å²) in [5.74, 6) is -0.751. The van der Waals surface area contributed by atoms with Gasteiger partial charge in [0.15, 0.2) is 0 Å². The van der Waals surface area contributed by atoms with Crippen molar-refractivity contribution in [2.45, 2.75) is 32.6 Å². The monoisotopic (exact) mass is 316 g/mol. The van der Waals surface area contributed by atoms with Crippen molar-refractivity contribution in [3.05, 3.63) is 29.8 Å². The fraction of sp³-hybridized carbons (Fsp3) is 0.556. The SMILES string of the molecule is CC1(C(=O)O)CCN(C(=O)c2cccc(N3CCCC3)c2)CC1. The Balaban J connectivity index is 1.69. The topological polar surface area (TPSA) is 60.9 Å². The number of rotatable bonds is 3. The van der Waals surface area contributed by atoms with Gasteiger partial charge in [-0.1, -0.05) is 6.07 Å². The maximum Gasteiger partial charge on any atom is 0.309 e. The van der Waals surface area contributed by atoms with Crippen molar-refractivity contribution in [1.82, 2.24) is 4.90 Å². The van der Waals surface area contributed by atoms with Gasteiger partial charge in [-0.15, -0.1) is 0 Å². The molecule has 2 fully saturated rings. The minimum atomic E-state index is -0.763. The molecule has 1 aromatic carbocycles. The molecule has 23 heavy (non-hydrogen) atoms. The molecule has 2 saturated heterocycles. The van der Waals surface area contributed by atoms with Gasteiger partial charge in [0.1, 0.15) is 0 Å². The van der Waals surface area contributed by atoms with Crippen LogP contribution >= 0.6 is 0 Å². The highest BCUT2D eigenvalue weighted by Gasteiger charge is 2.38. The van der Waals surface area contributed by atoms with Crippen molar-refractivity contribution in [3.8, 4) is 0 Å². The largest absolute Gasteiger partial charge is 0.481 e. The normalized spacial score (nSPS) is 20.6. The lowest BCUT2D eigenvalue weighted by molar-refractivity contribution is -0.150.